The molecule has 70 valence electrons. The minimum atomic E-state index is -1.42. The van der Waals surface area contributed by atoms with E-state index in [1.165, 1.54) is 0 Å². The Bertz CT molecular complexity index is 300. The Balaban J connectivity index is 3.19. The minimum absolute atomic E-state index is 0.232. The molecule has 0 aliphatic carbocycles. The smallest absolute Gasteiger partial charge is 0.423 e. The molecule has 0 radical (unpaired) electrons. The highest BCUT2D eigenvalue weighted by atomic mass is 35.5. The fraction of sp³-hybridized carbons (Fsp3) is 0.333. The lowest BCUT2D eigenvalue weighted by Gasteiger charge is -2.12. The summed E-state index contributed by atoms with van der Waals surface area (Å²) in [4.78, 5) is 0. The van der Waals surface area contributed by atoms with Crippen LogP contribution in [0, 0.1) is 0 Å². The molecule has 0 saturated carbocycles. The van der Waals surface area contributed by atoms with Gasteiger partial charge in [0.25, 0.3) is 0 Å². The first kappa shape index (κ1) is 10.6. The van der Waals surface area contributed by atoms with Crippen LogP contribution in [0.2, 0.25) is 5.02 Å². The second-order valence-electron chi connectivity index (χ2n) is 3.30. The van der Waals surface area contributed by atoms with Gasteiger partial charge in [0.05, 0.1) is 0 Å². The van der Waals surface area contributed by atoms with Crippen molar-refractivity contribution in [2.45, 2.75) is 19.8 Å². The molecule has 0 heterocycles. The molecule has 2 nitrogen and oxygen atoms in total. The van der Waals surface area contributed by atoms with Gasteiger partial charge in [0.1, 0.15) is 0 Å². The molecule has 0 spiro atoms. The largest absolute Gasteiger partial charge is 0.488 e. The van der Waals surface area contributed by atoms with Crippen molar-refractivity contribution in [2.75, 3.05) is 0 Å². The zero-order valence-corrected chi connectivity index (χ0v) is 8.42. The third kappa shape index (κ3) is 2.47. The molecular weight excluding hydrogens is 186 g/mol. The van der Waals surface area contributed by atoms with Gasteiger partial charge >= 0.3 is 7.12 Å². The normalized spacial score (nSPS) is 10.6. The van der Waals surface area contributed by atoms with E-state index in [1.807, 2.05) is 13.8 Å². The maximum Gasteiger partial charge on any atom is 0.488 e. The van der Waals surface area contributed by atoms with Crippen LogP contribution in [0.3, 0.4) is 0 Å². The van der Waals surface area contributed by atoms with Crippen LogP contribution in [0.15, 0.2) is 18.2 Å². The van der Waals surface area contributed by atoms with Gasteiger partial charge in [0.15, 0.2) is 0 Å². The van der Waals surface area contributed by atoms with Gasteiger partial charge in [-0.25, -0.2) is 0 Å². The number of benzene rings is 1. The summed E-state index contributed by atoms with van der Waals surface area (Å²) in [7, 11) is -1.42. The standard InChI is InChI=1S/C9H12BClO2/c1-6(2)8-5-7(11)3-4-9(8)10(12)13/h3-6,12-13H,1-2H3. The maximum absolute atomic E-state index is 9.06. The number of halogens is 1. The molecule has 13 heavy (non-hydrogen) atoms. The Hall–Kier alpha value is -0.505. The van der Waals surface area contributed by atoms with Gasteiger partial charge in [-0.15, -0.1) is 0 Å². The van der Waals surface area contributed by atoms with Crippen molar-refractivity contribution in [3.63, 3.8) is 0 Å². The summed E-state index contributed by atoms with van der Waals surface area (Å²) in [6.45, 7) is 3.97. The molecule has 2 N–H and O–H groups in total. The molecule has 0 aliphatic heterocycles. The molecule has 0 unspecified atom stereocenters. The molecule has 0 fully saturated rings. The number of hydrogen-bond donors (Lipinski definition) is 2. The van der Waals surface area contributed by atoms with Gasteiger partial charge in [0.2, 0.25) is 0 Å². The molecule has 0 bridgehead atoms. The summed E-state index contributed by atoms with van der Waals surface area (Å²) >= 11 is 5.80. The lowest BCUT2D eigenvalue weighted by molar-refractivity contribution is 0.425. The molecule has 0 aliphatic rings. The van der Waals surface area contributed by atoms with E-state index in [2.05, 4.69) is 0 Å². The molecule has 0 aromatic heterocycles. The van der Waals surface area contributed by atoms with E-state index in [9.17, 15) is 0 Å². The van der Waals surface area contributed by atoms with Crippen LogP contribution in [0.5, 0.6) is 0 Å². The second-order valence-corrected chi connectivity index (χ2v) is 3.74. The fourth-order valence-corrected chi connectivity index (χ4v) is 1.46. The zero-order chi connectivity index (χ0) is 10.0. The Morgan fingerprint density at radius 1 is 1.31 bits per heavy atom. The lowest BCUT2D eigenvalue weighted by Crippen LogP contribution is -2.33. The third-order valence-corrected chi connectivity index (χ3v) is 2.18. The molecule has 0 saturated heterocycles. The van der Waals surface area contributed by atoms with E-state index in [0.717, 1.165) is 5.56 Å². The Morgan fingerprint density at radius 2 is 1.92 bits per heavy atom. The molecular formula is C9H12BClO2. The topological polar surface area (TPSA) is 40.5 Å². The van der Waals surface area contributed by atoms with Crippen LogP contribution >= 0.6 is 11.6 Å². The van der Waals surface area contributed by atoms with Crippen molar-refractivity contribution in [1.29, 1.82) is 0 Å². The van der Waals surface area contributed by atoms with Gasteiger partial charge in [-0.05, 0) is 29.1 Å². The lowest BCUT2D eigenvalue weighted by atomic mass is 9.74. The first-order chi connectivity index (χ1) is 6.02. The van der Waals surface area contributed by atoms with Gasteiger partial charge in [-0.1, -0.05) is 31.5 Å². The van der Waals surface area contributed by atoms with Crippen molar-refractivity contribution >= 4 is 24.2 Å². The maximum atomic E-state index is 9.06. The molecule has 0 atom stereocenters. The summed E-state index contributed by atoms with van der Waals surface area (Å²) in [6.07, 6.45) is 0. The summed E-state index contributed by atoms with van der Waals surface area (Å²) < 4.78 is 0. The Kier molecular flexibility index (Phi) is 3.36. The van der Waals surface area contributed by atoms with Gasteiger partial charge in [0, 0.05) is 5.02 Å². The molecule has 0 amide bonds. The highest BCUT2D eigenvalue weighted by Crippen LogP contribution is 2.17. The van der Waals surface area contributed by atoms with Gasteiger partial charge < -0.3 is 10.0 Å². The number of rotatable bonds is 2. The van der Waals surface area contributed by atoms with Crippen molar-refractivity contribution in [3.05, 3.63) is 28.8 Å². The number of hydrogen-bond acceptors (Lipinski definition) is 2. The van der Waals surface area contributed by atoms with Crippen LogP contribution in [-0.2, 0) is 0 Å². The highest BCUT2D eigenvalue weighted by Gasteiger charge is 2.17. The molecule has 1 rings (SSSR count). The molecule has 4 heteroatoms. The second kappa shape index (κ2) is 4.14. The van der Waals surface area contributed by atoms with E-state index < -0.39 is 7.12 Å². The van der Waals surface area contributed by atoms with Crippen LogP contribution in [-0.4, -0.2) is 17.2 Å². The Labute approximate surface area is 83.3 Å². The Morgan fingerprint density at radius 3 is 2.38 bits per heavy atom. The SMILES string of the molecule is CC(C)c1cc(Cl)ccc1B(O)O. The van der Waals surface area contributed by atoms with Crippen LogP contribution < -0.4 is 5.46 Å². The first-order valence-electron chi connectivity index (χ1n) is 4.18. The van der Waals surface area contributed by atoms with Crippen molar-refractivity contribution < 1.29 is 10.0 Å². The predicted molar refractivity (Wildman–Crippen MR) is 55.4 cm³/mol. The zero-order valence-electron chi connectivity index (χ0n) is 7.66. The monoisotopic (exact) mass is 198 g/mol. The fourth-order valence-electron chi connectivity index (χ4n) is 1.28. The third-order valence-electron chi connectivity index (χ3n) is 1.95. The first-order valence-corrected chi connectivity index (χ1v) is 4.55. The van der Waals surface area contributed by atoms with Crippen LogP contribution in [0.1, 0.15) is 25.3 Å². The van der Waals surface area contributed by atoms with Crippen LogP contribution in [0.4, 0.5) is 0 Å². The summed E-state index contributed by atoms with van der Waals surface area (Å²) in [5.74, 6) is 0.232. The average Bonchev–Trinajstić information content (AvgIpc) is 2.03. The van der Waals surface area contributed by atoms with E-state index in [-0.39, 0.29) is 5.92 Å². The highest BCUT2D eigenvalue weighted by molar-refractivity contribution is 6.59. The molecule has 1 aromatic rings. The van der Waals surface area contributed by atoms with Crippen molar-refractivity contribution in [3.8, 4) is 0 Å². The van der Waals surface area contributed by atoms with Gasteiger partial charge in [-0.2, -0.15) is 0 Å². The molecule has 1 aromatic carbocycles. The van der Waals surface area contributed by atoms with E-state index in [4.69, 9.17) is 21.6 Å². The van der Waals surface area contributed by atoms with E-state index in [1.54, 1.807) is 18.2 Å². The summed E-state index contributed by atoms with van der Waals surface area (Å²) in [6, 6.07) is 5.06. The summed E-state index contributed by atoms with van der Waals surface area (Å²) in [5.41, 5.74) is 1.40. The van der Waals surface area contributed by atoms with E-state index in [0.29, 0.717) is 10.5 Å². The minimum Gasteiger partial charge on any atom is -0.423 e. The van der Waals surface area contributed by atoms with Crippen LogP contribution in [0.25, 0.3) is 0 Å². The summed E-state index contributed by atoms with van der Waals surface area (Å²) in [5, 5.41) is 18.7. The quantitative estimate of drug-likeness (QED) is 0.700. The van der Waals surface area contributed by atoms with Gasteiger partial charge in [-0.3, -0.25) is 0 Å². The van der Waals surface area contributed by atoms with Crippen molar-refractivity contribution in [2.24, 2.45) is 0 Å². The van der Waals surface area contributed by atoms with E-state index >= 15 is 0 Å². The predicted octanol–water partition coefficient (Wildman–Crippen LogP) is 1.14. The average molecular weight is 198 g/mol. The van der Waals surface area contributed by atoms with Crippen molar-refractivity contribution in [1.82, 2.24) is 0 Å².